The van der Waals surface area contributed by atoms with Gasteiger partial charge in [-0.2, -0.15) is 8.61 Å². The zero-order valence-corrected chi connectivity index (χ0v) is 21.7. The third kappa shape index (κ3) is 5.77. The molecule has 1 N–H and O–H groups in total. The minimum absolute atomic E-state index is 0.106. The number of carbonyl (C=O) groups excluding carboxylic acids is 1. The van der Waals surface area contributed by atoms with Gasteiger partial charge < -0.3 is 5.32 Å². The zero-order valence-electron chi connectivity index (χ0n) is 20.1. The lowest BCUT2D eigenvalue weighted by molar-refractivity contribution is 0.102. The maximum Gasteiger partial charge on any atom is 0.255 e. The van der Waals surface area contributed by atoms with E-state index in [2.05, 4.69) is 5.32 Å². The minimum Gasteiger partial charge on any atom is -0.322 e. The Morgan fingerprint density at radius 1 is 0.686 bits per heavy atom. The number of rotatable bonds is 6. The molecule has 190 valence electrons. The molecule has 0 radical (unpaired) electrons. The lowest BCUT2D eigenvalue weighted by atomic mass is 10.1. The Kier molecular flexibility index (Phi) is 7.95. The summed E-state index contributed by atoms with van der Waals surface area (Å²) in [4.78, 5) is 13.3. The molecule has 0 unspecified atom stereocenters. The predicted molar refractivity (Wildman–Crippen MR) is 135 cm³/mol. The van der Waals surface area contributed by atoms with E-state index in [1.807, 2.05) is 0 Å². The second-order valence-electron chi connectivity index (χ2n) is 9.24. The van der Waals surface area contributed by atoms with Crippen LogP contribution >= 0.6 is 0 Å². The number of hydrogen-bond donors (Lipinski definition) is 1. The van der Waals surface area contributed by atoms with E-state index < -0.39 is 26.0 Å². The molecule has 2 aromatic carbocycles. The summed E-state index contributed by atoms with van der Waals surface area (Å²) in [7, 11) is -7.23. The van der Waals surface area contributed by atoms with Crippen LogP contribution in [-0.2, 0) is 20.0 Å². The summed E-state index contributed by atoms with van der Waals surface area (Å²) in [6.45, 7) is 3.78. The van der Waals surface area contributed by atoms with Crippen LogP contribution in [0.15, 0.2) is 52.3 Å². The first kappa shape index (κ1) is 25.8. The number of nitrogens with zero attached hydrogens (tertiary/aromatic N) is 2. The molecule has 35 heavy (non-hydrogen) atoms. The van der Waals surface area contributed by atoms with E-state index in [1.54, 1.807) is 31.2 Å². The van der Waals surface area contributed by atoms with E-state index in [0.29, 0.717) is 37.4 Å². The molecule has 2 aliphatic rings. The van der Waals surface area contributed by atoms with Gasteiger partial charge in [0.1, 0.15) is 0 Å². The smallest absolute Gasteiger partial charge is 0.255 e. The van der Waals surface area contributed by atoms with Crippen LogP contribution in [-0.4, -0.2) is 57.5 Å². The highest BCUT2D eigenvalue weighted by Crippen LogP contribution is 2.25. The van der Waals surface area contributed by atoms with Gasteiger partial charge in [0.05, 0.1) is 9.79 Å². The second kappa shape index (κ2) is 10.8. The lowest BCUT2D eigenvalue weighted by Gasteiger charge is -2.26. The van der Waals surface area contributed by atoms with E-state index in [1.165, 1.54) is 26.8 Å². The maximum atomic E-state index is 13.0. The van der Waals surface area contributed by atoms with E-state index >= 15 is 0 Å². The highest BCUT2D eigenvalue weighted by molar-refractivity contribution is 7.89. The van der Waals surface area contributed by atoms with Crippen molar-refractivity contribution in [2.24, 2.45) is 0 Å². The Bertz CT molecular complexity index is 1260. The molecule has 0 aliphatic carbocycles. The number of carbonyl (C=O) groups is 1. The first-order valence-electron chi connectivity index (χ1n) is 12.2. The molecule has 2 saturated heterocycles. The normalized spacial score (nSPS) is 18.7. The fourth-order valence-corrected chi connectivity index (χ4v) is 7.66. The molecular weight excluding hydrogens is 486 g/mol. The fourth-order valence-electron chi connectivity index (χ4n) is 4.60. The van der Waals surface area contributed by atoms with Gasteiger partial charge in [0.2, 0.25) is 20.0 Å². The van der Waals surface area contributed by atoms with Crippen molar-refractivity contribution in [2.75, 3.05) is 31.5 Å². The van der Waals surface area contributed by atoms with Crippen molar-refractivity contribution >= 4 is 31.6 Å². The molecule has 2 fully saturated rings. The van der Waals surface area contributed by atoms with Gasteiger partial charge in [-0.3, -0.25) is 4.79 Å². The van der Waals surface area contributed by atoms with Crippen molar-refractivity contribution in [3.05, 3.63) is 53.6 Å². The van der Waals surface area contributed by atoms with E-state index in [-0.39, 0.29) is 15.4 Å². The van der Waals surface area contributed by atoms with Crippen LogP contribution in [0.1, 0.15) is 60.9 Å². The first-order valence-corrected chi connectivity index (χ1v) is 15.1. The summed E-state index contributed by atoms with van der Waals surface area (Å²) >= 11 is 0. The largest absolute Gasteiger partial charge is 0.322 e. The average Bonchev–Trinajstić information content (AvgIpc) is 3.15. The van der Waals surface area contributed by atoms with Gasteiger partial charge in [0, 0.05) is 37.4 Å². The third-order valence-corrected chi connectivity index (χ3v) is 10.5. The molecule has 0 spiro atoms. The number of anilines is 1. The summed E-state index contributed by atoms with van der Waals surface area (Å²) in [6, 6.07) is 10.7. The Balaban J connectivity index is 1.50. The van der Waals surface area contributed by atoms with Crippen LogP contribution in [0.25, 0.3) is 0 Å². The molecule has 2 aromatic rings. The van der Waals surface area contributed by atoms with Crippen molar-refractivity contribution in [1.82, 2.24) is 8.61 Å². The summed E-state index contributed by atoms with van der Waals surface area (Å²) in [6.07, 6.45) is 6.49. The van der Waals surface area contributed by atoms with E-state index in [9.17, 15) is 21.6 Å². The molecule has 4 rings (SSSR count). The van der Waals surface area contributed by atoms with Gasteiger partial charge in [0.15, 0.2) is 0 Å². The maximum absolute atomic E-state index is 13.0. The SMILES string of the molecule is Cc1ccc(S(=O)(=O)N2CCCCC2)cc1C(=O)Nc1ccc(S(=O)(=O)N2CCCCCC2)cc1. The topological polar surface area (TPSA) is 104 Å². The molecule has 0 aromatic heterocycles. The van der Waals surface area contributed by atoms with Crippen LogP contribution in [0.2, 0.25) is 0 Å². The number of nitrogens with one attached hydrogen (secondary N) is 1. The monoisotopic (exact) mass is 519 g/mol. The number of aryl methyl sites for hydroxylation is 1. The Hall–Kier alpha value is -2.27. The summed E-state index contributed by atoms with van der Waals surface area (Å²) in [5, 5.41) is 2.77. The summed E-state index contributed by atoms with van der Waals surface area (Å²) in [5.41, 5.74) is 1.36. The van der Waals surface area contributed by atoms with Crippen molar-refractivity contribution in [1.29, 1.82) is 0 Å². The Morgan fingerprint density at radius 2 is 1.14 bits per heavy atom. The molecule has 0 atom stereocenters. The van der Waals surface area contributed by atoms with Gasteiger partial charge in [0.25, 0.3) is 5.91 Å². The summed E-state index contributed by atoms with van der Waals surface area (Å²) < 4.78 is 55.1. The molecule has 2 aliphatic heterocycles. The van der Waals surface area contributed by atoms with Crippen LogP contribution < -0.4 is 5.32 Å². The second-order valence-corrected chi connectivity index (χ2v) is 13.1. The van der Waals surface area contributed by atoms with Crippen LogP contribution in [0.3, 0.4) is 0 Å². The quantitative estimate of drug-likeness (QED) is 0.622. The number of sulfonamides is 2. The third-order valence-electron chi connectivity index (χ3n) is 6.72. The standard InChI is InChI=1S/C25H33N3O5S2/c1-20-9-12-23(35(32,33)28-17-7-4-8-18-28)19-24(20)25(29)26-21-10-13-22(14-11-21)34(30,31)27-15-5-2-3-6-16-27/h9-14,19H,2-8,15-18H2,1H3,(H,26,29). The first-order chi connectivity index (χ1) is 16.7. The van der Waals surface area contributed by atoms with Crippen molar-refractivity contribution in [2.45, 2.75) is 61.7 Å². The zero-order chi connectivity index (χ0) is 25.1. The molecule has 0 bridgehead atoms. The van der Waals surface area contributed by atoms with Gasteiger partial charge in [-0.15, -0.1) is 0 Å². The fraction of sp³-hybridized carbons (Fsp3) is 0.480. The van der Waals surface area contributed by atoms with E-state index in [4.69, 9.17) is 0 Å². The predicted octanol–water partition coefficient (Wildman–Crippen LogP) is 3.99. The van der Waals surface area contributed by atoms with Gasteiger partial charge in [-0.25, -0.2) is 16.8 Å². The lowest BCUT2D eigenvalue weighted by Crippen LogP contribution is -2.35. The average molecular weight is 520 g/mol. The summed E-state index contributed by atoms with van der Waals surface area (Å²) in [5.74, 6) is -0.443. The molecule has 10 heteroatoms. The molecule has 0 saturated carbocycles. The Labute approximate surface area is 208 Å². The van der Waals surface area contributed by atoms with E-state index in [0.717, 1.165) is 44.9 Å². The molecule has 2 heterocycles. The van der Waals surface area contributed by atoms with Crippen LogP contribution in [0.5, 0.6) is 0 Å². The van der Waals surface area contributed by atoms with Crippen LogP contribution in [0, 0.1) is 6.92 Å². The van der Waals surface area contributed by atoms with Gasteiger partial charge >= 0.3 is 0 Å². The van der Waals surface area contributed by atoms with Gasteiger partial charge in [-0.1, -0.05) is 25.3 Å². The molecular formula is C25H33N3O5S2. The molecule has 1 amide bonds. The number of benzene rings is 2. The number of hydrogen-bond acceptors (Lipinski definition) is 5. The van der Waals surface area contributed by atoms with Crippen molar-refractivity contribution < 1.29 is 21.6 Å². The molecule has 8 nitrogen and oxygen atoms in total. The minimum atomic E-state index is -3.66. The Morgan fingerprint density at radius 3 is 1.69 bits per heavy atom. The highest BCUT2D eigenvalue weighted by Gasteiger charge is 2.28. The van der Waals surface area contributed by atoms with Gasteiger partial charge in [-0.05, 0) is 74.6 Å². The highest BCUT2D eigenvalue weighted by atomic mass is 32.2. The van der Waals surface area contributed by atoms with Crippen molar-refractivity contribution in [3.8, 4) is 0 Å². The van der Waals surface area contributed by atoms with Crippen LogP contribution in [0.4, 0.5) is 5.69 Å². The number of amides is 1. The van der Waals surface area contributed by atoms with Crippen molar-refractivity contribution in [3.63, 3.8) is 0 Å². The number of piperidine rings is 1.